The number of nitrogens with zero attached hydrogens (tertiary/aromatic N) is 3. The van der Waals surface area contributed by atoms with E-state index in [2.05, 4.69) is 24.1 Å². The zero-order valence-corrected chi connectivity index (χ0v) is 23.2. The third-order valence-electron chi connectivity index (χ3n) is 7.73. The van der Waals surface area contributed by atoms with E-state index >= 15 is 0 Å². The highest BCUT2D eigenvalue weighted by molar-refractivity contribution is 6.42. The Morgan fingerprint density at radius 3 is 2.49 bits per heavy atom. The number of hydrogen-bond acceptors (Lipinski definition) is 4. The molecule has 1 fully saturated rings. The van der Waals surface area contributed by atoms with Crippen molar-refractivity contribution in [3.8, 4) is 16.9 Å². The second-order valence-corrected chi connectivity index (χ2v) is 11.3. The first-order chi connectivity index (χ1) is 18.6. The van der Waals surface area contributed by atoms with Crippen LogP contribution in [-0.4, -0.2) is 32.6 Å². The van der Waals surface area contributed by atoms with Gasteiger partial charge >= 0.3 is 0 Å². The van der Waals surface area contributed by atoms with Crippen LogP contribution in [0.15, 0.2) is 79.1 Å². The molecule has 39 heavy (non-hydrogen) atoms. The lowest BCUT2D eigenvalue weighted by Crippen LogP contribution is -2.55. The van der Waals surface area contributed by atoms with Gasteiger partial charge in [0.05, 0.1) is 21.4 Å². The van der Waals surface area contributed by atoms with Crippen molar-refractivity contribution in [2.24, 2.45) is 17.1 Å². The van der Waals surface area contributed by atoms with Crippen molar-refractivity contribution in [1.82, 2.24) is 20.1 Å². The van der Waals surface area contributed by atoms with Crippen molar-refractivity contribution in [1.29, 1.82) is 0 Å². The predicted octanol–water partition coefficient (Wildman–Crippen LogP) is 5.58. The van der Waals surface area contributed by atoms with Gasteiger partial charge in [-0.1, -0.05) is 67.4 Å². The van der Waals surface area contributed by atoms with Crippen molar-refractivity contribution >= 4 is 35.0 Å². The van der Waals surface area contributed by atoms with Crippen LogP contribution in [0.25, 0.3) is 16.9 Å². The van der Waals surface area contributed by atoms with Crippen molar-refractivity contribution < 1.29 is 9.59 Å². The highest BCUT2D eigenvalue weighted by Gasteiger charge is 2.53. The Kier molecular flexibility index (Phi) is 7.47. The Morgan fingerprint density at radius 1 is 1.08 bits per heavy atom. The monoisotopic (exact) mass is 561 g/mol. The smallest absolute Gasteiger partial charge is 0.240 e. The number of carbonyl (C=O) groups is 2. The fourth-order valence-corrected chi connectivity index (χ4v) is 5.63. The lowest BCUT2D eigenvalue weighted by Gasteiger charge is -2.51. The second-order valence-electron chi connectivity index (χ2n) is 10.5. The summed E-state index contributed by atoms with van der Waals surface area (Å²) in [7, 11) is 0. The highest BCUT2D eigenvalue weighted by Crippen LogP contribution is 2.57. The second kappa shape index (κ2) is 10.8. The molecular formula is C30H29Cl2N5O2. The van der Waals surface area contributed by atoms with Crippen LogP contribution in [0.5, 0.6) is 0 Å². The summed E-state index contributed by atoms with van der Waals surface area (Å²) in [5.41, 5.74) is 9.55. The maximum Gasteiger partial charge on any atom is 0.240 e. The van der Waals surface area contributed by atoms with Gasteiger partial charge in [0.15, 0.2) is 0 Å². The fraction of sp³-hybridized carbons (Fsp3) is 0.267. The Morgan fingerprint density at radius 2 is 1.85 bits per heavy atom. The summed E-state index contributed by atoms with van der Waals surface area (Å²) in [5.74, 6) is -1.02. The minimum absolute atomic E-state index is 0.0155. The van der Waals surface area contributed by atoms with Crippen LogP contribution in [0.1, 0.15) is 37.4 Å². The molecule has 5 rings (SSSR count). The van der Waals surface area contributed by atoms with E-state index in [1.807, 2.05) is 59.3 Å². The molecule has 0 bridgehead atoms. The number of halogens is 2. The molecule has 0 radical (unpaired) electrons. The van der Waals surface area contributed by atoms with E-state index in [0.29, 0.717) is 22.9 Å². The van der Waals surface area contributed by atoms with E-state index < -0.39 is 17.4 Å². The van der Waals surface area contributed by atoms with Gasteiger partial charge < -0.3 is 11.1 Å². The normalized spacial score (nSPS) is 18.7. The van der Waals surface area contributed by atoms with Crippen LogP contribution < -0.4 is 11.1 Å². The molecule has 9 heteroatoms. The Balaban J connectivity index is 1.42. The zero-order valence-electron chi connectivity index (χ0n) is 21.6. The van der Waals surface area contributed by atoms with E-state index in [1.54, 1.807) is 24.5 Å². The van der Waals surface area contributed by atoms with Gasteiger partial charge in [0.25, 0.3) is 0 Å². The van der Waals surface area contributed by atoms with Gasteiger partial charge in [0, 0.05) is 41.9 Å². The average molecular weight is 563 g/mol. The number of amides is 2. The summed E-state index contributed by atoms with van der Waals surface area (Å²) in [5, 5.41) is 8.69. The molecule has 2 heterocycles. The van der Waals surface area contributed by atoms with Gasteiger partial charge in [-0.05, 0) is 53.8 Å². The molecule has 7 nitrogen and oxygen atoms in total. The Bertz CT molecular complexity index is 1500. The number of rotatable bonds is 8. The summed E-state index contributed by atoms with van der Waals surface area (Å²) < 4.78 is 1.87. The van der Waals surface area contributed by atoms with Gasteiger partial charge in [-0.2, -0.15) is 5.10 Å². The molecule has 0 aliphatic heterocycles. The predicted molar refractivity (Wildman–Crippen MR) is 153 cm³/mol. The first kappa shape index (κ1) is 26.9. The first-order valence-corrected chi connectivity index (χ1v) is 13.5. The van der Waals surface area contributed by atoms with Gasteiger partial charge in [-0.25, -0.2) is 4.68 Å². The molecule has 3 atom stereocenters. The van der Waals surface area contributed by atoms with Crippen LogP contribution in [0.2, 0.25) is 10.0 Å². The molecule has 4 aromatic rings. The molecular weight excluding hydrogens is 533 g/mol. The maximum absolute atomic E-state index is 13.4. The molecule has 2 aromatic carbocycles. The highest BCUT2D eigenvalue weighted by atomic mass is 35.5. The summed E-state index contributed by atoms with van der Waals surface area (Å²) >= 11 is 12.5. The Labute approximate surface area is 237 Å². The number of benzene rings is 2. The zero-order chi connectivity index (χ0) is 27.7. The van der Waals surface area contributed by atoms with E-state index in [-0.39, 0.29) is 17.7 Å². The lowest BCUT2D eigenvalue weighted by molar-refractivity contribution is -0.139. The van der Waals surface area contributed by atoms with Crippen molar-refractivity contribution in [2.75, 3.05) is 0 Å². The van der Waals surface area contributed by atoms with Crippen molar-refractivity contribution in [2.45, 2.75) is 38.6 Å². The number of nitrogens with one attached hydrogen (secondary N) is 1. The Hall–Kier alpha value is -3.68. The largest absolute Gasteiger partial charge is 0.368 e. The molecule has 0 unspecified atom stereocenters. The third-order valence-corrected chi connectivity index (χ3v) is 8.46. The minimum Gasteiger partial charge on any atom is -0.368 e. The number of aromatic nitrogens is 3. The molecule has 1 aliphatic carbocycles. The van der Waals surface area contributed by atoms with E-state index in [4.69, 9.17) is 34.0 Å². The third kappa shape index (κ3) is 5.42. The van der Waals surface area contributed by atoms with Gasteiger partial charge in [0.2, 0.25) is 11.8 Å². The van der Waals surface area contributed by atoms with Gasteiger partial charge in [-0.3, -0.25) is 14.6 Å². The maximum atomic E-state index is 13.4. The number of nitrogens with two attached hydrogens (primary N) is 1. The number of pyridine rings is 1. The average Bonchev–Trinajstić information content (AvgIpc) is 3.35. The number of primary amides is 1. The molecule has 3 N–H and O–H groups in total. The van der Waals surface area contributed by atoms with Crippen LogP contribution in [0.4, 0.5) is 0 Å². The van der Waals surface area contributed by atoms with Crippen molar-refractivity contribution in [3.05, 3.63) is 100 Å². The molecule has 200 valence electrons. The minimum atomic E-state index is -0.784. The molecule has 0 spiro atoms. The van der Waals surface area contributed by atoms with Crippen LogP contribution >= 0.6 is 23.2 Å². The van der Waals surface area contributed by atoms with Crippen LogP contribution in [-0.2, 0) is 16.0 Å². The van der Waals surface area contributed by atoms with E-state index in [1.165, 1.54) is 0 Å². The van der Waals surface area contributed by atoms with Crippen molar-refractivity contribution in [3.63, 3.8) is 0 Å². The molecule has 1 saturated carbocycles. The summed E-state index contributed by atoms with van der Waals surface area (Å²) in [6.45, 7) is 4.13. The van der Waals surface area contributed by atoms with Gasteiger partial charge in [-0.15, -0.1) is 0 Å². The van der Waals surface area contributed by atoms with Crippen LogP contribution in [0, 0.1) is 11.3 Å². The van der Waals surface area contributed by atoms with Crippen LogP contribution in [0.3, 0.4) is 0 Å². The standard InChI is InChI=1S/C30H29Cl2N5O2/c1-30(2)21(15-22(30)29(39)35-26(28(33)38)13-18-7-4-3-5-8-18)27-16-25(19-9-6-12-34-17-19)36-37(27)20-10-11-23(31)24(32)14-20/h3-12,14,16-17,21-22,26H,13,15H2,1-2H3,(H2,33,38)(H,35,39)/t21-,22-,26+/m1/s1. The molecule has 0 saturated heterocycles. The molecule has 2 aromatic heterocycles. The summed E-state index contributed by atoms with van der Waals surface area (Å²) in [4.78, 5) is 29.8. The van der Waals surface area contributed by atoms with Gasteiger partial charge in [0.1, 0.15) is 6.04 Å². The fourth-order valence-electron chi connectivity index (χ4n) is 5.34. The first-order valence-electron chi connectivity index (χ1n) is 12.7. The molecule has 1 aliphatic rings. The number of carbonyl (C=O) groups excluding carboxylic acids is 2. The summed E-state index contributed by atoms with van der Waals surface area (Å²) in [6.07, 6.45) is 4.42. The quantitative estimate of drug-likeness (QED) is 0.293. The molecule has 2 amide bonds. The SMILES string of the molecule is CC1(C)[C@@H](C(=O)N[C@@H](Cc2ccccc2)C(N)=O)C[C@@H]1c1cc(-c2cccnc2)nn1-c1ccc(Cl)c(Cl)c1. The van der Waals surface area contributed by atoms with E-state index in [0.717, 1.165) is 28.2 Å². The topological polar surface area (TPSA) is 103 Å². The summed E-state index contributed by atoms with van der Waals surface area (Å²) in [6, 6.07) is 20.0. The lowest BCUT2D eigenvalue weighted by atomic mass is 9.53. The van der Waals surface area contributed by atoms with E-state index in [9.17, 15) is 9.59 Å². The number of hydrogen-bond donors (Lipinski definition) is 2.